The maximum atomic E-state index is 3.60. The van der Waals surface area contributed by atoms with E-state index < -0.39 is 0 Å². The van der Waals surface area contributed by atoms with Gasteiger partial charge in [0, 0.05) is 12.6 Å². The van der Waals surface area contributed by atoms with E-state index in [1.165, 1.54) is 25.8 Å². The molecule has 64 valence electrons. The molecule has 0 radical (unpaired) electrons. The van der Waals surface area contributed by atoms with Crippen LogP contribution in [0.15, 0.2) is 0 Å². The smallest absolute Gasteiger partial charge is 0.0223 e. The van der Waals surface area contributed by atoms with Gasteiger partial charge in [0.25, 0.3) is 0 Å². The van der Waals surface area contributed by atoms with Crippen LogP contribution >= 0.6 is 0 Å². The van der Waals surface area contributed by atoms with Gasteiger partial charge in [0.2, 0.25) is 0 Å². The van der Waals surface area contributed by atoms with E-state index in [2.05, 4.69) is 10.6 Å². The lowest BCUT2D eigenvalue weighted by molar-refractivity contribution is 0.402. The van der Waals surface area contributed by atoms with Gasteiger partial charge in [-0.05, 0) is 38.3 Å². The molecule has 2 heteroatoms. The van der Waals surface area contributed by atoms with E-state index in [4.69, 9.17) is 0 Å². The molecule has 0 aromatic carbocycles. The molecule has 0 amide bonds. The second-order valence-electron chi connectivity index (χ2n) is 3.93. The van der Waals surface area contributed by atoms with E-state index in [0.29, 0.717) is 0 Å². The Morgan fingerprint density at radius 3 is 3.18 bits per heavy atom. The zero-order chi connectivity index (χ0) is 7.68. The van der Waals surface area contributed by atoms with Crippen LogP contribution in [0.25, 0.3) is 0 Å². The third-order valence-corrected chi connectivity index (χ3v) is 3.30. The number of hydrogen-bond donors (Lipinski definition) is 2. The highest BCUT2D eigenvalue weighted by Gasteiger charge is 2.37. The first-order chi connectivity index (χ1) is 5.42. The number of hydrogen-bond acceptors (Lipinski definition) is 2. The normalized spacial score (nSPS) is 42.8. The fourth-order valence-corrected chi connectivity index (χ4v) is 2.75. The number of rotatable bonds is 2. The zero-order valence-corrected chi connectivity index (χ0v) is 7.27. The summed E-state index contributed by atoms with van der Waals surface area (Å²) in [5, 5.41) is 6.86. The van der Waals surface area contributed by atoms with Crippen molar-refractivity contribution in [2.45, 2.75) is 25.3 Å². The Hall–Kier alpha value is -0.0800. The Bertz CT molecular complexity index is 134. The van der Waals surface area contributed by atoms with Crippen LogP contribution < -0.4 is 10.6 Å². The maximum absolute atomic E-state index is 3.60. The highest BCUT2D eigenvalue weighted by Crippen LogP contribution is 2.37. The summed E-state index contributed by atoms with van der Waals surface area (Å²) in [5.41, 5.74) is 0. The third-order valence-electron chi connectivity index (χ3n) is 3.30. The summed E-state index contributed by atoms with van der Waals surface area (Å²) >= 11 is 0. The number of nitrogens with one attached hydrogen (secondary N) is 2. The van der Waals surface area contributed by atoms with Gasteiger partial charge in [-0.25, -0.2) is 0 Å². The number of likely N-dealkylation sites (N-methyl/N-ethyl adjacent to an activating group) is 1. The molecule has 2 nitrogen and oxygen atoms in total. The van der Waals surface area contributed by atoms with Crippen LogP contribution in [-0.2, 0) is 0 Å². The molecule has 0 aromatic rings. The van der Waals surface area contributed by atoms with Crippen molar-refractivity contribution >= 4 is 0 Å². The molecule has 0 bridgehead atoms. The van der Waals surface area contributed by atoms with Crippen molar-refractivity contribution in [2.75, 3.05) is 20.1 Å². The standard InChI is InChI=1S/C9H18N2/c1-10-6-9-8-4-2-3-7(8)5-11-9/h7-11H,2-6H2,1H3. The molecule has 2 fully saturated rings. The maximum Gasteiger partial charge on any atom is 0.0223 e. The minimum absolute atomic E-state index is 0.771. The summed E-state index contributed by atoms with van der Waals surface area (Å²) in [6, 6.07) is 0.771. The van der Waals surface area contributed by atoms with E-state index in [-0.39, 0.29) is 0 Å². The first kappa shape index (κ1) is 7.56. The van der Waals surface area contributed by atoms with Gasteiger partial charge in [0.1, 0.15) is 0 Å². The summed E-state index contributed by atoms with van der Waals surface area (Å²) in [5.74, 6) is 2.00. The predicted molar refractivity (Wildman–Crippen MR) is 46.5 cm³/mol. The second-order valence-corrected chi connectivity index (χ2v) is 3.93. The molecule has 2 aliphatic rings. The Balaban J connectivity index is 1.92. The van der Waals surface area contributed by atoms with Crippen molar-refractivity contribution in [2.24, 2.45) is 11.8 Å². The van der Waals surface area contributed by atoms with Crippen molar-refractivity contribution in [3.8, 4) is 0 Å². The fourth-order valence-electron chi connectivity index (χ4n) is 2.75. The average molecular weight is 154 g/mol. The average Bonchev–Trinajstić information content (AvgIpc) is 2.53. The van der Waals surface area contributed by atoms with Gasteiger partial charge in [-0.2, -0.15) is 0 Å². The molecule has 2 rings (SSSR count). The minimum Gasteiger partial charge on any atom is -0.318 e. The first-order valence-electron chi connectivity index (χ1n) is 4.80. The van der Waals surface area contributed by atoms with Gasteiger partial charge < -0.3 is 10.6 Å². The summed E-state index contributed by atoms with van der Waals surface area (Å²) in [6.45, 7) is 2.43. The first-order valence-corrected chi connectivity index (χ1v) is 4.80. The summed E-state index contributed by atoms with van der Waals surface area (Å²) in [4.78, 5) is 0. The summed E-state index contributed by atoms with van der Waals surface area (Å²) < 4.78 is 0. The van der Waals surface area contributed by atoms with Crippen LogP contribution in [0.4, 0.5) is 0 Å². The predicted octanol–water partition coefficient (Wildman–Crippen LogP) is 0.594. The van der Waals surface area contributed by atoms with Crippen LogP contribution in [0.3, 0.4) is 0 Å². The molecule has 3 unspecified atom stereocenters. The molecule has 1 saturated heterocycles. The monoisotopic (exact) mass is 154 g/mol. The highest BCUT2D eigenvalue weighted by atomic mass is 15.0. The molecular formula is C9H18N2. The Morgan fingerprint density at radius 2 is 2.36 bits per heavy atom. The van der Waals surface area contributed by atoms with E-state index >= 15 is 0 Å². The van der Waals surface area contributed by atoms with Gasteiger partial charge in [-0.3, -0.25) is 0 Å². The van der Waals surface area contributed by atoms with Crippen molar-refractivity contribution < 1.29 is 0 Å². The van der Waals surface area contributed by atoms with Crippen LogP contribution in [0.2, 0.25) is 0 Å². The molecule has 1 saturated carbocycles. The van der Waals surface area contributed by atoms with Crippen molar-refractivity contribution in [1.82, 2.24) is 10.6 Å². The minimum atomic E-state index is 0.771. The van der Waals surface area contributed by atoms with Crippen molar-refractivity contribution in [3.05, 3.63) is 0 Å². The molecular weight excluding hydrogens is 136 g/mol. The zero-order valence-electron chi connectivity index (χ0n) is 7.27. The molecule has 1 aliphatic heterocycles. The van der Waals surface area contributed by atoms with Gasteiger partial charge in [-0.1, -0.05) is 6.42 Å². The van der Waals surface area contributed by atoms with Crippen molar-refractivity contribution in [1.29, 1.82) is 0 Å². The largest absolute Gasteiger partial charge is 0.318 e. The SMILES string of the molecule is CNCC1NCC2CCCC21. The molecule has 1 heterocycles. The van der Waals surface area contributed by atoms with Gasteiger partial charge in [-0.15, -0.1) is 0 Å². The Morgan fingerprint density at radius 1 is 1.45 bits per heavy atom. The Labute approximate surface area is 68.7 Å². The quantitative estimate of drug-likeness (QED) is 0.608. The molecule has 0 aromatic heterocycles. The lowest BCUT2D eigenvalue weighted by Crippen LogP contribution is -2.36. The van der Waals surface area contributed by atoms with Crippen LogP contribution in [0.1, 0.15) is 19.3 Å². The second kappa shape index (κ2) is 3.11. The van der Waals surface area contributed by atoms with Gasteiger partial charge >= 0.3 is 0 Å². The van der Waals surface area contributed by atoms with E-state index in [0.717, 1.165) is 24.4 Å². The molecule has 11 heavy (non-hydrogen) atoms. The molecule has 3 atom stereocenters. The lowest BCUT2D eigenvalue weighted by atomic mass is 9.94. The third kappa shape index (κ3) is 1.30. The van der Waals surface area contributed by atoms with E-state index in [1.54, 1.807) is 0 Å². The van der Waals surface area contributed by atoms with Crippen LogP contribution in [0, 0.1) is 11.8 Å². The Kier molecular flexibility index (Phi) is 2.14. The van der Waals surface area contributed by atoms with E-state index in [9.17, 15) is 0 Å². The molecule has 0 spiro atoms. The lowest BCUT2D eigenvalue weighted by Gasteiger charge is -2.17. The topological polar surface area (TPSA) is 24.1 Å². The highest BCUT2D eigenvalue weighted by molar-refractivity contribution is 4.94. The van der Waals surface area contributed by atoms with E-state index in [1.807, 2.05) is 7.05 Å². The van der Waals surface area contributed by atoms with Crippen molar-refractivity contribution in [3.63, 3.8) is 0 Å². The van der Waals surface area contributed by atoms with Gasteiger partial charge in [0.05, 0.1) is 0 Å². The number of fused-ring (bicyclic) bond motifs is 1. The summed E-state index contributed by atoms with van der Waals surface area (Å²) in [7, 11) is 2.05. The van der Waals surface area contributed by atoms with Crippen LogP contribution in [0.5, 0.6) is 0 Å². The summed E-state index contributed by atoms with van der Waals surface area (Å²) in [6.07, 6.45) is 4.40. The molecule has 1 aliphatic carbocycles. The fraction of sp³-hybridized carbons (Fsp3) is 1.00. The molecule has 2 N–H and O–H groups in total. The van der Waals surface area contributed by atoms with Gasteiger partial charge in [0.15, 0.2) is 0 Å². The van der Waals surface area contributed by atoms with Crippen LogP contribution in [-0.4, -0.2) is 26.2 Å².